The van der Waals surface area contributed by atoms with Gasteiger partial charge in [-0.05, 0) is 12.8 Å². The van der Waals surface area contributed by atoms with Crippen molar-refractivity contribution in [2.75, 3.05) is 7.11 Å². The molecule has 0 amide bonds. The lowest BCUT2D eigenvalue weighted by atomic mass is 10.4. The topological polar surface area (TPSA) is 9.23 Å². The second-order valence-corrected chi connectivity index (χ2v) is 3.36. The van der Waals surface area contributed by atoms with Crippen LogP contribution in [0.4, 0.5) is 0 Å². The van der Waals surface area contributed by atoms with E-state index in [-0.39, 0.29) is 0 Å². The second-order valence-electron chi connectivity index (χ2n) is 2.04. The van der Waals surface area contributed by atoms with Crippen LogP contribution in [0.3, 0.4) is 0 Å². The largest absolute Gasteiger partial charge is 0.350 e. The van der Waals surface area contributed by atoms with Crippen LogP contribution in [0.25, 0.3) is 0 Å². The van der Waals surface area contributed by atoms with Crippen LogP contribution in [0.1, 0.15) is 12.8 Å². The van der Waals surface area contributed by atoms with Crippen molar-refractivity contribution in [1.82, 2.24) is 0 Å². The summed E-state index contributed by atoms with van der Waals surface area (Å²) >= 11 is 11.3. The number of ether oxygens (including phenoxy) is 1. The van der Waals surface area contributed by atoms with Crippen molar-refractivity contribution in [1.29, 1.82) is 0 Å². The lowest BCUT2D eigenvalue weighted by Crippen LogP contribution is -2.17. The summed E-state index contributed by atoms with van der Waals surface area (Å²) in [6.07, 6.45) is 2.20. The van der Waals surface area contributed by atoms with Gasteiger partial charge in [-0.25, -0.2) is 0 Å². The van der Waals surface area contributed by atoms with E-state index < -0.39 is 4.52 Å². The van der Waals surface area contributed by atoms with E-state index in [2.05, 4.69) is 0 Å². The van der Waals surface area contributed by atoms with Crippen molar-refractivity contribution in [3.63, 3.8) is 0 Å². The fraction of sp³-hybridized carbons (Fsp3) is 1.00. The lowest BCUT2D eigenvalue weighted by Gasteiger charge is -2.15. The molecule has 48 valence electrons. The molecule has 0 aliphatic heterocycles. The van der Waals surface area contributed by atoms with Crippen LogP contribution in [-0.2, 0) is 4.74 Å². The minimum atomic E-state index is -0.903. The molecule has 0 aromatic rings. The molecule has 1 rings (SSSR count). The summed E-state index contributed by atoms with van der Waals surface area (Å²) in [6.45, 7) is 0. The van der Waals surface area contributed by atoms with Gasteiger partial charge >= 0.3 is 0 Å². The Morgan fingerprint density at radius 3 is 2.12 bits per heavy atom. The van der Waals surface area contributed by atoms with E-state index in [1.54, 1.807) is 0 Å². The van der Waals surface area contributed by atoms with Gasteiger partial charge in [-0.3, -0.25) is 0 Å². The van der Waals surface area contributed by atoms with Crippen LogP contribution in [0.2, 0.25) is 0 Å². The van der Waals surface area contributed by atoms with Gasteiger partial charge in [0.05, 0.1) is 0 Å². The van der Waals surface area contributed by atoms with Crippen LogP contribution in [0.15, 0.2) is 0 Å². The molecular formula is C5H8Cl2O. The van der Waals surface area contributed by atoms with Crippen molar-refractivity contribution in [2.24, 2.45) is 5.92 Å². The van der Waals surface area contributed by atoms with Gasteiger partial charge in [0.25, 0.3) is 0 Å². The molecule has 3 heteroatoms. The summed E-state index contributed by atoms with van der Waals surface area (Å²) in [7, 11) is 1.53. The Bertz CT molecular complexity index is 88.4. The summed E-state index contributed by atoms with van der Waals surface area (Å²) in [4.78, 5) is 0. The van der Waals surface area contributed by atoms with Crippen molar-refractivity contribution in [3.05, 3.63) is 0 Å². The highest BCUT2D eigenvalue weighted by Crippen LogP contribution is 2.46. The van der Waals surface area contributed by atoms with E-state index in [0.717, 1.165) is 12.8 Å². The Morgan fingerprint density at radius 2 is 2.00 bits per heavy atom. The number of hydrogen-bond donors (Lipinski definition) is 0. The van der Waals surface area contributed by atoms with Crippen LogP contribution >= 0.6 is 23.2 Å². The maximum absolute atomic E-state index is 5.66. The smallest absolute Gasteiger partial charge is 0.219 e. The van der Waals surface area contributed by atoms with E-state index in [4.69, 9.17) is 27.9 Å². The monoisotopic (exact) mass is 154 g/mol. The maximum Gasteiger partial charge on any atom is 0.219 e. The number of methoxy groups -OCH3 is 1. The molecule has 0 unspecified atom stereocenters. The number of halogens is 2. The predicted molar refractivity (Wildman–Crippen MR) is 34.2 cm³/mol. The molecule has 0 spiro atoms. The first-order valence-electron chi connectivity index (χ1n) is 2.60. The fourth-order valence-electron chi connectivity index (χ4n) is 0.586. The van der Waals surface area contributed by atoms with E-state index in [1.165, 1.54) is 7.11 Å². The summed E-state index contributed by atoms with van der Waals surface area (Å²) in [5, 5.41) is 0. The third-order valence-corrected chi connectivity index (χ3v) is 2.25. The Balaban J connectivity index is 2.37. The average molecular weight is 155 g/mol. The summed E-state index contributed by atoms with van der Waals surface area (Å²) in [6, 6.07) is 0. The highest BCUT2D eigenvalue weighted by atomic mass is 35.5. The molecule has 1 saturated carbocycles. The maximum atomic E-state index is 5.66. The van der Waals surface area contributed by atoms with Gasteiger partial charge in [0, 0.05) is 13.0 Å². The van der Waals surface area contributed by atoms with Gasteiger partial charge in [-0.1, -0.05) is 23.2 Å². The number of rotatable bonds is 2. The molecule has 1 aliphatic carbocycles. The molecule has 0 aromatic heterocycles. The van der Waals surface area contributed by atoms with Gasteiger partial charge in [0.15, 0.2) is 0 Å². The van der Waals surface area contributed by atoms with Gasteiger partial charge in [-0.2, -0.15) is 0 Å². The predicted octanol–water partition coefficient (Wildman–Crippen LogP) is 2.17. The third kappa shape index (κ3) is 1.28. The molecule has 1 aliphatic rings. The molecule has 0 aromatic carbocycles. The number of hydrogen-bond acceptors (Lipinski definition) is 1. The Labute approximate surface area is 58.9 Å². The second kappa shape index (κ2) is 2.05. The van der Waals surface area contributed by atoms with Crippen LogP contribution < -0.4 is 0 Å². The van der Waals surface area contributed by atoms with Crippen molar-refractivity contribution in [2.45, 2.75) is 17.4 Å². The minimum absolute atomic E-state index is 0.371. The van der Waals surface area contributed by atoms with Gasteiger partial charge < -0.3 is 4.74 Å². The van der Waals surface area contributed by atoms with Crippen molar-refractivity contribution >= 4 is 23.2 Å². The van der Waals surface area contributed by atoms with E-state index in [0.29, 0.717) is 5.92 Å². The molecule has 0 bridgehead atoms. The normalized spacial score (nSPS) is 21.4. The molecule has 1 fully saturated rings. The molecule has 0 heterocycles. The quantitative estimate of drug-likeness (QED) is 0.555. The zero-order chi connectivity index (χ0) is 6.20. The first kappa shape index (κ1) is 6.66. The molecule has 0 N–H and O–H groups in total. The number of alkyl halides is 2. The summed E-state index contributed by atoms with van der Waals surface area (Å²) < 4.78 is 3.89. The standard InChI is InChI=1S/C5H8Cl2O/c1-8-5(6,7)4-2-3-4/h4H,2-3H2,1H3. The Kier molecular flexibility index (Phi) is 1.71. The van der Waals surface area contributed by atoms with Gasteiger partial charge in [-0.15, -0.1) is 0 Å². The molecule has 0 radical (unpaired) electrons. The average Bonchev–Trinajstić information content (AvgIpc) is 2.44. The van der Waals surface area contributed by atoms with Crippen LogP contribution in [-0.4, -0.2) is 11.6 Å². The van der Waals surface area contributed by atoms with Crippen LogP contribution in [0.5, 0.6) is 0 Å². The fourth-order valence-corrected chi connectivity index (χ4v) is 1.02. The summed E-state index contributed by atoms with van der Waals surface area (Å²) in [5.74, 6) is 0.371. The van der Waals surface area contributed by atoms with E-state index in [1.807, 2.05) is 0 Å². The van der Waals surface area contributed by atoms with Gasteiger partial charge in [0.2, 0.25) is 4.52 Å². The lowest BCUT2D eigenvalue weighted by molar-refractivity contribution is 0.115. The first-order chi connectivity index (χ1) is 3.67. The molecular weight excluding hydrogens is 147 g/mol. The first-order valence-corrected chi connectivity index (χ1v) is 3.35. The van der Waals surface area contributed by atoms with Crippen LogP contribution in [0, 0.1) is 5.92 Å². The molecule has 8 heavy (non-hydrogen) atoms. The highest BCUT2D eigenvalue weighted by Gasteiger charge is 2.42. The zero-order valence-corrected chi connectivity index (χ0v) is 6.17. The summed E-state index contributed by atoms with van der Waals surface area (Å²) in [5.41, 5.74) is 0. The molecule has 0 atom stereocenters. The van der Waals surface area contributed by atoms with E-state index in [9.17, 15) is 0 Å². The highest BCUT2D eigenvalue weighted by molar-refractivity contribution is 6.47. The van der Waals surface area contributed by atoms with Crippen molar-refractivity contribution in [3.8, 4) is 0 Å². The Morgan fingerprint density at radius 1 is 1.50 bits per heavy atom. The third-order valence-electron chi connectivity index (χ3n) is 1.32. The van der Waals surface area contributed by atoms with Gasteiger partial charge in [0.1, 0.15) is 0 Å². The minimum Gasteiger partial charge on any atom is -0.350 e. The molecule has 0 saturated heterocycles. The zero-order valence-electron chi connectivity index (χ0n) is 4.66. The van der Waals surface area contributed by atoms with Crippen molar-refractivity contribution < 1.29 is 4.74 Å². The SMILES string of the molecule is COC(Cl)(Cl)C1CC1. The Hall–Kier alpha value is 0.540. The molecule has 1 nitrogen and oxygen atoms in total. The van der Waals surface area contributed by atoms with E-state index >= 15 is 0 Å².